The van der Waals surface area contributed by atoms with Crippen LogP contribution in [-0.4, -0.2) is 67.2 Å². The van der Waals surface area contributed by atoms with Gasteiger partial charge in [-0.25, -0.2) is 0 Å². The zero-order valence-corrected chi connectivity index (χ0v) is 34.8. The predicted molar refractivity (Wildman–Crippen MR) is 210 cm³/mol. The van der Waals surface area contributed by atoms with Crippen molar-refractivity contribution in [3.63, 3.8) is 0 Å². The molecule has 0 aromatic heterocycles. The number of carbonyl (C=O) groups excluding carboxylic acids is 2. The molecule has 2 aliphatic rings. The number of nitrogens with zero attached hydrogens (tertiary/aromatic N) is 2. The van der Waals surface area contributed by atoms with Crippen LogP contribution in [0, 0.1) is 0 Å². The molecule has 53 heavy (non-hydrogen) atoms. The highest BCUT2D eigenvalue weighted by Gasteiger charge is 2.24. The lowest BCUT2D eigenvalue weighted by Crippen LogP contribution is -2.33. The van der Waals surface area contributed by atoms with Gasteiger partial charge in [-0.15, -0.1) is 0 Å². The number of fused-ring (bicyclic) bond motifs is 12. The number of ether oxygens (including phenoxy) is 2. The molecule has 0 aliphatic carbocycles. The molecule has 8 N–H and O–H groups in total. The Labute approximate surface area is 343 Å². The van der Waals surface area contributed by atoms with Gasteiger partial charge in [0, 0.05) is 37.6 Å². The lowest BCUT2D eigenvalue weighted by atomic mass is 10.1. The molecule has 0 unspecified atom stereocenters. The smallest absolute Gasteiger partial charge is 0.269 e. The van der Waals surface area contributed by atoms with E-state index in [4.69, 9.17) is 9.47 Å². The monoisotopic (exact) mass is 1050 g/mol. The Kier molecular flexibility index (Phi) is 13.2. The first kappa shape index (κ1) is 40.2. The molecular formula is C34H27Br5N4O10. The van der Waals surface area contributed by atoms with E-state index in [2.05, 4.69) is 101 Å². The summed E-state index contributed by atoms with van der Waals surface area (Å²) >= 11 is 16.8. The topological polar surface area (TPSA) is 223 Å². The van der Waals surface area contributed by atoms with Gasteiger partial charge >= 0.3 is 0 Å². The second kappa shape index (κ2) is 17.4. The summed E-state index contributed by atoms with van der Waals surface area (Å²) in [6, 6.07) is 10.4. The van der Waals surface area contributed by atoms with Gasteiger partial charge in [0.25, 0.3) is 11.8 Å². The van der Waals surface area contributed by atoms with Gasteiger partial charge in [0.1, 0.15) is 28.7 Å². The van der Waals surface area contributed by atoms with Crippen LogP contribution in [0.4, 0.5) is 0 Å². The molecular weight excluding hydrogens is 1020 g/mol. The van der Waals surface area contributed by atoms with Crippen molar-refractivity contribution >= 4 is 103 Å². The highest BCUT2D eigenvalue weighted by molar-refractivity contribution is 9.11. The van der Waals surface area contributed by atoms with Crippen LogP contribution in [0.5, 0.6) is 46.0 Å². The van der Waals surface area contributed by atoms with Crippen molar-refractivity contribution in [3.05, 3.63) is 87.1 Å². The van der Waals surface area contributed by atoms with E-state index in [-0.39, 0.29) is 115 Å². The fourth-order valence-corrected chi connectivity index (χ4v) is 8.00. The van der Waals surface area contributed by atoms with Crippen LogP contribution in [-0.2, 0) is 35.3 Å². The minimum Gasteiger partial charge on any atom is -0.508 e. The van der Waals surface area contributed by atoms with Crippen LogP contribution in [0.3, 0.4) is 0 Å². The second-order valence-electron chi connectivity index (χ2n) is 11.4. The summed E-state index contributed by atoms with van der Waals surface area (Å²) in [7, 11) is 0. The van der Waals surface area contributed by atoms with Gasteiger partial charge in [-0.05, 0) is 146 Å². The molecule has 0 fully saturated rings. The van der Waals surface area contributed by atoms with Crippen molar-refractivity contribution in [2.45, 2.75) is 25.7 Å². The number of rotatable bonds is 0. The lowest BCUT2D eigenvalue weighted by Gasteiger charge is -2.17. The molecule has 2 heterocycles. The number of nitrogens with one attached hydrogen (secondary N) is 2. The van der Waals surface area contributed by atoms with Gasteiger partial charge in [-0.2, -0.15) is 0 Å². The largest absolute Gasteiger partial charge is 0.508 e. The van der Waals surface area contributed by atoms with Crippen LogP contribution in [0.15, 0.2) is 75.1 Å². The normalized spacial score (nSPS) is 16.0. The maximum atomic E-state index is 13.1. The number of phenolic OH excluding ortho intramolecular Hbond substituents is 4. The van der Waals surface area contributed by atoms with Crippen molar-refractivity contribution in [3.8, 4) is 46.0 Å². The summed E-state index contributed by atoms with van der Waals surface area (Å²) in [6.07, 6.45) is -0.123. The zero-order valence-electron chi connectivity index (χ0n) is 26.9. The van der Waals surface area contributed by atoms with Gasteiger partial charge in [-0.1, -0.05) is 10.3 Å². The molecule has 0 saturated carbocycles. The van der Waals surface area contributed by atoms with Crippen LogP contribution < -0.4 is 20.1 Å². The number of hydrogen-bond donors (Lipinski definition) is 8. The average Bonchev–Trinajstić information content (AvgIpc) is 3.10. The van der Waals surface area contributed by atoms with Crippen molar-refractivity contribution < 1.29 is 49.9 Å². The number of carbonyl (C=O) groups is 2. The molecule has 6 rings (SSSR count). The van der Waals surface area contributed by atoms with Crippen molar-refractivity contribution in [1.82, 2.24) is 10.6 Å². The fourth-order valence-electron chi connectivity index (χ4n) is 5.15. The van der Waals surface area contributed by atoms with Crippen LogP contribution in [0.2, 0.25) is 0 Å². The maximum Gasteiger partial charge on any atom is 0.269 e. The summed E-state index contributed by atoms with van der Waals surface area (Å²) in [6.45, 7) is 0.116. The van der Waals surface area contributed by atoms with E-state index in [0.717, 1.165) is 0 Å². The zero-order chi connectivity index (χ0) is 38.6. The Morgan fingerprint density at radius 2 is 1.15 bits per heavy atom. The first-order valence-electron chi connectivity index (χ1n) is 15.3. The Morgan fingerprint density at radius 1 is 0.585 bits per heavy atom. The molecule has 2 aliphatic heterocycles. The standard InChI is InChI=1S/C34H27Br5N4O10/c35-18-10-16-2-4-41-34(49)23(43-51)11-17-25(45)12-21(38)32(29(17)39)53-28-9-15(6-20(37)31(28)47)7-22(42-50)33(48)40-3-1-14-5-19(36)30(46)27(8-14)52-26(18)13-24(16)44/h5-6,8-10,12-13,44-47,50-51H,1-4,7,11H2,(H,40,48)(H,41,49). The molecule has 19 heteroatoms. The summed E-state index contributed by atoms with van der Waals surface area (Å²) in [5, 5.41) is 74.4. The molecule has 4 aromatic carbocycles. The molecule has 0 spiro atoms. The second-order valence-corrected chi connectivity index (χ2v) is 15.6. The Balaban J connectivity index is 1.53. The van der Waals surface area contributed by atoms with Crippen LogP contribution in [0.1, 0.15) is 22.3 Å². The van der Waals surface area contributed by atoms with Gasteiger partial charge in [0.15, 0.2) is 28.7 Å². The highest BCUT2D eigenvalue weighted by atomic mass is 79.9. The number of benzene rings is 4. The fraction of sp³-hybridized carbons (Fsp3) is 0.176. The van der Waals surface area contributed by atoms with E-state index in [9.17, 15) is 40.4 Å². The van der Waals surface area contributed by atoms with Gasteiger partial charge in [-0.3, -0.25) is 9.59 Å². The average molecular weight is 1050 g/mol. The molecule has 0 radical (unpaired) electrons. The third kappa shape index (κ3) is 9.37. The van der Waals surface area contributed by atoms with Gasteiger partial charge in [0.05, 0.1) is 22.4 Å². The van der Waals surface area contributed by atoms with Crippen LogP contribution >= 0.6 is 79.6 Å². The van der Waals surface area contributed by atoms with Crippen LogP contribution in [0.25, 0.3) is 0 Å². The molecule has 8 bridgehead atoms. The van der Waals surface area contributed by atoms with E-state index in [1.807, 2.05) is 0 Å². The number of amides is 2. The minimum absolute atomic E-state index is 0.0133. The highest BCUT2D eigenvalue weighted by Crippen LogP contribution is 2.47. The van der Waals surface area contributed by atoms with E-state index in [1.165, 1.54) is 24.3 Å². The number of aromatic hydroxyl groups is 4. The molecule has 0 atom stereocenters. The summed E-state index contributed by atoms with van der Waals surface area (Å²) in [5.74, 6) is -2.21. The van der Waals surface area contributed by atoms with Gasteiger partial charge in [0.2, 0.25) is 0 Å². The summed E-state index contributed by atoms with van der Waals surface area (Å²) < 4.78 is 13.3. The number of hydrogen-bond acceptors (Lipinski definition) is 12. The summed E-state index contributed by atoms with van der Waals surface area (Å²) in [5.41, 5.74) is 0.970. The third-order valence-electron chi connectivity index (χ3n) is 7.86. The Morgan fingerprint density at radius 3 is 1.79 bits per heavy atom. The molecule has 278 valence electrons. The van der Waals surface area contributed by atoms with Gasteiger partial charge < -0.3 is 50.9 Å². The Hall–Kier alpha value is -4.04. The number of oxime groups is 2. The molecule has 2 amide bonds. The van der Waals surface area contributed by atoms with Crippen molar-refractivity contribution in [1.29, 1.82) is 0 Å². The third-order valence-corrected chi connectivity index (χ3v) is 11.1. The summed E-state index contributed by atoms with van der Waals surface area (Å²) in [4.78, 5) is 26.2. The number of phenols is 4. The van der Waals surface area contributed by atoms with E-state index < -0.39 is 11.8 Å². The molecule has 4 aromatic rings. The predicted octanol–water partition coefficient (Wildman–Crippen LogP) is 7.68. The minimum atomic E-state index is -0.763. The van der Waals surface area contributed by atoms with E-state index in [1.54, 1.807) is 18.2 Å². The SMILES string of the molecule is O=C1NCCc2cc(Br)c(O)c(c2)Oc2cc(O)c(cc2Br)CCNC(=O)C(=NO)Cc2c(O)cc(Br)c(c2Br)Oc2cc(cc(Br)c2O)CC1=NO. The first-order chi connectivity index (χ1) is 25.2. The van der Waals surface area contributed by atoms with Crippen molar-refractivity contribution in [2.75, 3.05) is 13.1 Å². The molecule has 14 nitrogen and oxygen atoms in total. The van der Waals surface area contributed by atoms with Crippen molar-refractivity contribution in [2.24, 2.45) is 10.3 Å². The lowest BCUT2D eigenvalue weighted by molar-refractivity contribution is -0.115. The first-order valence-corrected chi connectivity index (χ1v) is 19.2. The Bertz CT molecular complexity index is 2180. The van der Waals surface area contributed by atoms with E-state index >= 15 is 0 Å². The quantitative estimate of drug-likeness (QED) is 0.0634. The van der Waals surface area contributed by atoms with E-state index in [0.29, 0.717) is 25.6 Å². The maximum absolute atomic E-state index is 13.1. The molecule has 0 saturated heterocycles. The number of halogens is 5.